The molecule has 0 aliphatic carbocycles. The van der Waals surface area contributed by atoms with E-state index in [1.54, 1.807) is 31.4 Å². The fourth-order valence-corrected chi connectivity index (χ4v) is 1.62. The summed E-state index contributed by atoms with van der Waals surface area (Å²) in [5, 5.41) is 5.37. The third-order valence-electron chi connectivity index (χ3n) is 2.36. The Morgan fingerprint density at radius 2 is 2.05 bits per heavy atom. The predicted molar refractivity (Wildman–Crippen MR) is 74.6 cm³/mol. The van der Waals surface area contributed by atoms with Crippen LogP contribution in [0.5, 0.6) is 0 Å². The maximum absolute atomic E-state index is 11.9. The highest BCUT2D eigenvalue weighted by Gasteiger charge is 2.12. The second-order valence-corrected chi connectivity index (χ2v) is 4.16. The fourth-order valence-electron chi connectivity index (χ4n) is 1.45. The topological polar surface area (TPSA) is 67.4 Å². The zero-order valence-corrected chi connectivity index (χ0v) is 11.5. The van der Waals surface area contributed by atoms with E-state index in [9.17, 15) is 9.59 Å². The van der Waals surface area contributed by atoms with E-state index in [2.05, 4.69) is 10.6 Å². The monoisotopic (exact) mass is 284 g/mol. The van der Waals surface area contributed by atoms with Crippen LogP contribution in [-0.4, -0.2) is 38.0 Å². The van der Waals surface area contributed by atoms with Gasteiger partial charge in [-0.25, -0.2) is 0 Å². The van der Waals surface area contributed by atoms with Gasteiger partial charge in [0.15, 0.2) is 0 Å². The van der Waals surface area contributed by atoms with Gasteiger partial charge < -0.3 is 15.4 Å². The minimum Gasteiger partial charge on any atom is -0.383 e. The van der Waals surface area contributed by atoms with Gasteiger partial charge in [-0.3, -0.25) is 9.59 Å². The van der Waals surface area contributed by atoms with Crippen LogP contribution in [-0.2, 0) is 9.53 Å². The van der Waals surface area contributed by atoms with Crippen LogP contribution in [0.2, 0.25) is 0 Å². The Morgan fingerprint density at radius 3 is 2.74 bits per heavy atom. The Hall–Kier alpha value is -1.59. The van der Waals surface area contributed by atoms with Gasteiger partial charge in [-0.1, -0.05) is 12.1 Å². The summed E-state index contributed by atoms with van der Waals surface area (Å²) in [5.74, 6) is -0.223. The van der Waals surface area contributed by atoms with Crippen LogP contribution in [0.3, 0.4) is 0 Å². The van der Waals surface area contributed by atoms with Crippen LogP contribution in [0, 0.1) is 0 Å². The van der Waals surface area contributed by atoms with Crippen molar-refractivity contribution in [2.75, 3.05) is 31.5 Å². The lowest BCUT2D eigenvalue weighted by atomic mass is 10.1. The van der Waals surface area contributed by atoms with E-state index in [4.69, 9.17) is 16.3 Å². The van der Waals surface area contributed by atoms with Crippen molar-refractivity contribution >= 4 is 29.1 Å². The first kappa shape index (κ1) is 15.5. The smallest absolute Gasteiger partial charge is 0.253 e. The average molecular weight is 285 g/mol. The zero-order chi connectivity index (χ0) is 14.1. The first-order valence-corrected chi connectivity index (χ1v) is 6.44. The van der Waals surface area contributed by atoms with Gasteiger partial charge in [-0.2, -0.15) is 0 Å². The van der Waals surface area contributed by atoms with E-state index in [0.717, 1.165) is 0 Å². The van der Waals surface area contributed by atoms with Crippen molar-refractivity contribution < 1.29 is 14.3 Å². The molecule has 5 nitrogen and oxygen atoms in total. The van der Waals surface area contributed by atoms with Crippen molar-refractivity contribution in [3.63, 3.8) is 0 Å². The Bertz CT molecular complexity index is 438. The van der Waals surface area contributed by atoms with Crippen molar-refractivity contribution in [3.05, 3.63) is 29.8 Å². The molecule has 0 spiro atoms. The number of amides is 2. The summed E-state index contributed by atoms with van der Waals surface area (Å²) in [4.78, 5) is 23.4. The van der Waals surface area contributed by atoms with Crippen molar-refractivity contribution in [1.29, 1.82) is 0 Å². The Kier molecular flexibility index (Phi) is 6.92. The highest BCUT2D eigenvalue weighted by Crippen LogP contribution is 2.15. The number of alkyl halides is 1. The number of hydrogen-bond acceptors (Lipinski definition) is 3. The van der Waals surface area contributed by atoms with E-state index >= 15 is 0 Å². The molecule has 0 atom stereocenters. The van der Waals surface area contributed by atoms with Gasteiger partial charge in [0.25, 0.3) is 5.91 Å². The van der Waals surface area contributed by atoms with Gasteiger partial charge in [0.05, 0.1) is 17.9 Å². The van der Waals surface area contributed by atoms with Crippen molar-refractivity contribution in [1.82, 2.24) is 5.32 Å². The minimum absolute atomic E-state index is 0.210. The van der Waals surface area contributed by atoms with E-state index in [0.29, 0.717) is 24.4 Å². The highest BCUT2D eigenvalue weighted by molar-refractivity contribution is 6.19. The summed E-state index contributed by atoms with van der Waals surface area (Å²) in [6, 6.07) is 6.82. The molecule has 0 saturated carbocycles. The number of methoxy groups -OCH3 is 1. The molecule has 0 aromatic heterocycles. The maximum Gasteiger partial charge on any atom is 0.253 e. The lowest BCUT2D eigenvalue weighted by Gasteiger charge is -2.10. The number of rotatable bonds is 7. The standard InChI is InChI=1S/C13H17ClN2O3/c1-19-9-8-15-13(18)10-4-2-3-5-11(10)16-12(17)6-7-14/h2-5H,6-9H2,1H3,(H,15,18)(H,16,17). The molecule has 0 bridgehead atoms. The highest BCUT2D eigenvalue weighted by atomic mass is 35.5. The number of benzene rings is 1. The zero-order valence-electron chi connectivity index (χ0n) is 10.7. The largest absolute Gasteiger partial charge is 0.383 e. The fraction of sp³-hybridized carbons (Fsp3) is 0.385. The van der Waals surface area contributed by atoms with Crippen molar-refractivity contribution in [2.24, 2.45) is 0 Å². The van der Waals surface area contributed by atoms with Gasteiger partial charge in [-0.15, -0.1) is 11.6 Å². The molecule has 1 aromatic carbocycles. The SMILES string of the molecule is COCCNC(=O)c1ccccc1NC(=O)CCCl. The summed E-state index contributed by atoms with van der Waals surface area (Å²) in [6.45, 7) is 0.853. The van der Waals surface area contributed by atoms with Crippen LogP contribution in [0.25, 0.3) is 0 Å². The van der Waals surface area contributed by atoms with Gasteiger partial charge in [0, 0.05) is 26.0 Å². The molecule has 104 valence electrons. The normalized spacial score (nSPS) is 10.0. The molecule has 6 heteroatoms. The summed E-state index contributed by atoms with van der Waals surface area (Å²) < 4.78 is 4.86. The van der Waals surface area contributed by atoms with Crippen LogP contribution in [0.4, 0.5) is 5.69 Å². The lowest BCUT2D eigenvalue weighted by molar-refractivity contribution is -0.115. The first-order chi connectivity index (χ1) is 9.19. The summed E-state index contributed by atoms with van der Waals surface area (Å²) in [6.07, 6.45) is 0.210. The molecule has 2 amide bonds. The Balaban J connectivity index is 2.72. The van der Waals surface area contributed by atoms with Crippen LogP contribution < -0.4 is 10.6 Å². The minimum atomic E-state index is -0.251. The number of para-hydroxylation sites is 1. The first-order valence-electron chi connectivity index (χ1n) is 5.91. The second-order valence-electron chi connectivity index (χ2n) is 3.78. The molecule has 0 radical (unpaired) electrons. The Morgan fingerprint density at radius 1 is 1.32 bits per heavy atom. The molecule has 0 heterocycles. The molecule has 0 saturated heterocycles. The molecular formula is C13H17ClN2O3. The summed E-state index contributed by atoms with van der Waals surface area (Å²) in [5.41, 5.74) is 0.897. The van der Waals surface area contributed by atoms with Crippen LogP contribution in [0.1, 0.15) is 16.8 Å². The molecule has 1 aromatic rings. The van der Waals surface area contributed by atoms with Crippen molar-refractivity contribution in [2.45, 2.75) is 6.42 Å². The molecule has 0 aliphatic heterocycles. The summed E-state index contributed by atoms with van der Waals surface area (Å²) in [7, 11) is 1.56. The molecule has 0 unspecified atom stereocenters. The Labute approximate surface area is 117 Å². The number of hydrogen-bond donors (Lipinski definition) is 2. The third-order valence-corrected chi connectivity index (χ3v) is 2.55. The number of halogens is 1. The molecular weight excluding hydrogens is 268 g/mol. The van der Waals surface area contributed by atoms with Gasteiger partial charge in [0.2, 0.25) is 5.91 Å². The number of carbonyl (C=O) groups is 2. The number of nitrogens with one attached hydrogen (secondary N) is 2. The third kappa shape index (κ3) is 5.28. The van der Waals surface area contributed by atoms with Crippen molar-refractivity contribution in [3.8, 4) is 0 Å². The van der Waals surface area contributed by atoms with E-state index in [1.165, 1.54) is 0 Å². The van der Waals surface area contributed by atoms with Crippen LogP contribution in [0.15, 0.2) is 24.3 Å². The quantitative estimate of drug-likeness (QED) is 0.591. The number of carbonyl (C=O) groups excluding carboxylic acids is 2. The molecule has 0 aliphatic rings. The number of anilines is 1. The van der Waals surface area contributed by atoms with E-state index < -0.39 is 0 Å². The summed E-state index contributed by atoms with van der Waals surface area (Å²) >= 11 is 5.50. The molecule has 1 rings (SSSR count). The second kappa shape index (κ2) is 8.50. The lowest BCUT2D eigenvalue weighted by Crippen LogP contribution is -2.28. The van der Waals surface area contributed by atoms with Crippen LogP contribution >= 0.6 is 11.6 Å². The molecule has 19 heavy (non-hydrogen) atoms. The van der Waals surface area contributed by atoms with E-state index in [-0.39, 0.29) is 24.1 Å². The number of ether oxygens (including phenoxy) is 1. The van der Waals surface area contributed by atoms with E-state index in [1.807, 2.05) is 0 Å². The average Bonchev–Trinajstić information content (AvgIpc) is 2.39. The maximum atomic E-state index is 11.9. The molecule has 0 fully saturated rings. The van der Waals surface area contributed by atoms with Gasteiger partial charge in [-0.05, 0) is 12.1 Å². The van der Waals surface area contributed by atoms with Gasteiger partial charge >= 0.3 is 0 Å². The molecule has 2 N–H and O–H groups in total. The van der Waals surface area contributed by atoms with Gasteiger partial charge in [0.1, 0.15) is 0 Å². The predicted octanol–water partition coefficient (Wildman–Crippen LogP) is 1.63.